The number of nitrogens with zero attached hydrogens (tertiary/aromatic N) is 3. The molecule has 0 radical (unpaired) electrons. The van der Waals surface area contributed by atoms with Gasteiger partial charge in [-0.1, -0.05) is 25.0 Å². The molecule has 0 unspecified atom stereocenters. The van der Waals surface area contributed by atoms with Gasteiger partial charge in [0.25, 0.3) is 11.8 Å². The first-order valence-electron chi connectivity index (χ1n) is 9.58. The van der Waals surface area contributed by atoms with E-state index in [2.05, 4.69) is 10.3 Å². The number of nitrogens with one attached hydrogen (secondary N) is 1. The minimum atomic E-state index is -0.889. The number of carbonyl (C=O) groups is 2. The number of carbonyl (C=O) groups excluding carboxylic acids is 2. The molecule has 8 heteroatoms. The largest absolute Gasteiger partial charge is 0.337 e. The number of amides is 2. The molecule has 29 heavy (non-hydrogen) atoms. The molecule has 1 saturated heterocycles. The molecule has 3 heterocycles. The second-order valence-electron chi connectivity index (χ2n) is 7.00. The van der Waals surface area contributed by atoms with Crippen molar-refractivity contribution in [2.24, 2.45) is 0 Å². The Labute approximate surface area is 166 Å². The lowest BCUT2D eigenvalue weighted by Crippen LogP contribution is -2.32. The van der Waals surface area contributed by atoms with E-state index in [9.17, 15) is 18.4 Å². The standard InChI is InChI=1S/C21H20F2N4O2/c22-14-8-7-9-15(23)17(14)25-20(28)19-24-18(16-10-3-6-13-27(16)19)21(29)26-11-4-1-2-5-12-26/h3,6-10,13H,1-2,4-5,11-12H2,(H,25,28). The van der Waals surface area contributed by atoms with Crippen molar-refractivity contribution in [1.82, 2.24) is 14.3 Å². The summed E-state index contributed by atoms with van der Waals surface area (Å²) in [6.07, 6.45) is 5.61. The molecule has 6 nitrogen and oxygen atoms in total. The van der Waals surface area contributed by atoms with Crippen molar-refractivity contribution in [3.8, 4) is 0 Å². The maximum absolute atomic E-state index is 13.9. The van der Waals surface area contributed by atoms with Crippen LogP contribution >= 0.6 is 0 Å². The molecule has 2 amide bonds. The molecule has 0 saturated carbocycles. The van der Waals surface area contributed by atoms with Crippen LogP contribution in [0.3, 0.4) is 0 Å². The Morgan fingerprint density at radius 2 is 1.62 bits per heavy atom. The van der Waals surface area contributed by atoms with Crippen LogP contribution in [0.2, 0.25) is 0 Å². The van der Waals surface area contributed by atoms with Crippen LogP contribution < -0.4 is 5.32 Å². The summed E-state index contributed by atoms with van der Waals surface area (Å²) < 4.78 is 29.3. The Balaban J connectivity index is 1.70. The first-order valence-corrected chi connectivity index (χ1v) is 9.58. The third-order valence-electron chi connectivity index (χ3n) is 5.05. The summed E-state index contributed by atoms with van der Waals surface area (Å²) in [6.45, 7) is 1.29. The third kappa shape index (κ3) is 3.70. The molecule has 1 N–H and O–H groups in total. The Bertz CT molecular complexity index is 1050. The average molecular weight is 398 g/mol. The fourth-order valence-electron chi connectivity index (χ4n) is 3.57. The van der Waals surface area contributed by atoms with Gasteiger partial charge in [0.05, 0.1) is 5.52 Å². The number of benzene rings is 1. The summed E-state index contributed by atoms with van der Waals surface area (Å²) >= 11 is 0. The van der Waals surface area contributed by atoms with Gasteiger partial charge in [-0.2, -0.15) is 0 Å². The van der Waals surface area contributed by atoms with E-state index < -0.39 is 23.2 Å². The maximum Gasteiger partial charge on any atom is 0.292 e. The highest BCUT2D eigenvalue weighted by atomic mass is 19.1. The van der Waals surface area contributed by atoms with Gasteiger partial charge in [0.15, 0.2) is 5.69 Å². The number of fused-ring (bicyclic) bond motifs is 1. The number of hydrogen-bond donors (Lipinski definition) is 1. The number of halogens is 2. The van der Waals surface area contributed by atoms with Gasteiger partial charge in [0.1, 0.15) is 17.3 Å². The van der Waals surface area contributed by atoms with Gasteiger partial charge in [0.2, 0.25) is 5.82 Å². The van der Waals surface area contributed by atoms with Gasteiger partial charge in [-0.05, 0) is 37.1 Å². The van der Waals surface area contributed by atoms with Crippen molar-refractivity contribution in [3.05, 3.63) is 65.7 Å². The molecule has 0 bridgehead atoms. The lowest BCUT2D eigenvalue weighted by atomic mass is 10.2. The van der Waals surface area contributed by atoms with Crippen molar-refractivity contribution in [2.75, 3.05) is 18.4 Å². The summed E-state index contributed by atoms with van der Waals surface area (Å²) in [6, 6.07) is 8.44. The van der Waals surface area contributed by atoms with E-state index in [1.165, 1.54) is 10.5 Å². The van der Waals surface area contributed by atoms with E-state index in [1.807, 2.05) is 0 Å². The molecule has 0 spiro atoms. The van der Waals surface area contributed by atoms with Crippen LogP contribution in [0.4, 0.5) is 14.5 Å². The Hall–Kier alpha value is -3.29. The van der Waals surface area contributed by atoms with Gasteiger partial charge >= 0.3 is 0 Å². The van der Waals surface area contributed by atoms with Gasteiger partial charge in [-0.25, -0.2) is 13.8 Å². The van der Waals surface area contributed by atoms with Gasteiger partial charge in [-0.3, -0.25) is 14.0 Å². The number of para-hydroxylation sites is 1. The molecular weight excluding hydrogens is 378 g/mol. The molecular formula is C21H20F2N4O2. The van der Waals surface area contributed by atoms with Gasteiger partial charge < -0.3 is 10.2 Å². The number of anilines is 1. The second kappa shape index (κ2) is 7.98. The minimum Gasteiger partial charge on any atom is -0.337 e. The molecule has 0 aliphatic carbocycles. The minimum absolute atomic E-state index is 0.110. The second-order valence-corrected chi connectivity index (χ2v) is 7.00. The SMILES string of the molecule is O=C(Nc1c(F)cccc1F)c1nc(C(=O)N2CCCCCC2)c2ccccn12. The van der Waals surface area contributed by atoms with E-state index in [4.69, 9.17) is 0 Å². The molecule has 4 rings (SSSR count). The fraction of sp³-hybridized carbons (Fsp3) is 0.286. The number of rotatable bonds is 3. The Kier molecular flexibility index (Phi) is 5.24. The van der Waals surface area contributed by atoms with Gasteiger partial charge in [0, 0.05) is 19.3 Å². The summed E-state index contributed by atoms with van der Waals surface area (Å²) in [7, 11) is 0. The van der Waals surface area contributed by atoms with Crippen LogP contribution in [0.15, 0.2) is 42.6 Å². The van der Waals surface area contributed by atoms with Crippen LogP contribution in [-0.2, 0) is 0 Å². The molecule has 3 aromatic rings. The van der Waals surface area contributed by atoms with Crippen molar-refractivity contribution >= 4 is 23.0 Å². The summed E-state index contributed by atoms with van der Waals surface area (Å²) in [5.41, 5.74) is 0.0816. The third-order valence-corrected chi connectivity index (χ3v) is 5.05. The zero-order valence-corrected chi connectivity index (χ0v) is 15.7. The molecule has 150 valence electrons. The molecule has 0 atom stereocenters. The monoisotopic (exact) mass is 398 g/mol. The van der Waals surface area contributed by atoms with E-state index >= 15 is 0 Å². The number of pyridine rings is 1. The highest BCUT2D eigenvalue weighted by molar-refractivity contribution is 6.06. The van der Waals surface area contributed by atoms with Crippen molar-refractivity contribution < 1.29 is 18.4 Å². The van der Waals surface area contributed by atoms with Crippen LogP contribution in [0, 0.1) is 11.6 Å². The van der Waals surface area contributed by atoms with Gasteiger partial charge in [-0.15, -0.1) is 0 Å². The number of aromatic nitrogens is 2. The molecule has 2 aromatic heterocycles. The highest BCUT2D eigenvalue weighted by Gasteiger charge is 2.26. The van der Waals surface area contributed by atoms with E-state index in [0.717, 1.165) is 37.8 Å². The summed E-state index contributed by atoms with van der Waals surface area (Å²) in [5.74, 6) is -2.93. The van der Waals surface area contributed by atoms with E-state index in [1.54, 1.807) is 29.3 Å². The predicted molar refractivity (Wildman–Crippen MR) is 104 cm³/mol. The van der Waals surface area contributed by atoms with E-state index in [0.29, 0.717) is 18.6 Å². The number of imidazole rings is 1. The van der Waals surface area contributed by atoms with Crippen LogP contribution in [-0.4, -0.2) is 39.2 Å². The molecule has 1 aromatic carbocycles. The van der Waals surface area contributed by atoms with Crippen LogP contribution in [0.1, 0.15) is 46.8 Å². The quantitative estimate of drug-likeness (QED) is 0.728. The number of hydrogen-bond acceptors (Lipinski definition) is 3. The highest BCUT2D eigenvalue weighted by Crippen LogP contribution is 2.21. The predicted octanol–water partition coefficient (Wildman–Crippen LogP) is 3.88. The smallest absolute Gasteiger partial charge is 0.292 e. The van der Waals surface area contributed by atoms with Crippen molar-refractivity contribution in [1.29, 1.82) is 0 Å². The zero-order valence-electron chi connectivity index (χ0n) is 15.7. The molecule has 1 aliphatic heterocycles. The summed E-state index contributed by atoms with van der Waals surface area (Å²) in [5, 5.41) is 2.23. The van der Waals surface area contributed by atoms with Crippen molar-refractivity contribution in [2.45, 2.75) is 25.7 Å². The Morgan fingerprint density at radius 1 is 0.931 bits per heavy atom. The average Bonchev–Trinajstić information content (AvgIpc) is 2.90. The normalized spacial score (nSPS) is 14.6. The lowest BCUT2D eigenvalue weighted by molar-refractivity contribution is 0.0758. The topological polar surface area (TPSA) is 66.7 Å². The van der Waals surface area contributed by atoms with Crippen molar-refractivity contribution in [3.63, 3.8) is 0 Å². The first-order chi connectivity index (χ1) is 14.1. The summed E-state index contributed by atoms with van der Waals surface area (Å²) in [4.78, 5) is 31.8. The lowest BCUT2D eigenvalue weighted by Gasteiger charge is -2.19. The first kappa shape index (κ1) is 19.0. The van der Waals surface area contributed by atoms with Crippen LogP contribution in [0.5, 0.6) is 0 Å². The van der Waals surface area contributed by atoms with Crippen LogP contribution in [0.25, 0.3) is 5.52 Å². The zero-order chi connectivity index (χ0) is 20.4. The van der Waals surface area contributed by atoms with E-state index in [-0.39, 0.29) is 17.4 Å². The molecule has 1 aliphatic rings. The fourth-order valence-corrected chi connectivity index (χ4v) is 3.57. The molecule has 1 fully saturated rings. The maximum atomic E-state index is 13.9. The Morgan fingerprint density at radius 3 is 2.31 bits per heavy atom. The number of likely N-dealkylation sites (tertiary alicyclic amines) is 1.